The van der Waals surface area contributed by atoms with E-state index >= 15 is 0 Å². The molecule has 0 saturated carbocycles. The third-order valence-electron chi connectivity index (χ3n) is 13.2. The van der Waals surface area contributed by atoms with Gasteiger partial charge >= 0.3 is 0 Å². The molecule has 68 heavy (non-hydrogen) atoms. The lowest BCUT2D eigenvalue weighted by molar-refractivity contribution is 1.07. The first-order chi connectivity index (χ1) is 33.7. The van der Waals surface area contributed by atoms with Crippen LogP contribution in [-0.4, -0.2) is 24.1 Å². The highest BCUT2D eigenvalue weighted by Crippen LogP contribution is 2.40. The van der Waals surface area contributed by atoms with Crippen LogP contribution in [0, 0.1) is 0 Å². The lowest BCUT2D eigenvalue weighted by Crippen LogP contribution is -2.01. The van der Waals surface area contributed by atoms with Crippen molar-refractivity contribution in [1.29, 1.82) is 0 Å². The Kier molecular flexibility index (Phi) is 9.43. The van der Waals surface area contributed by atoms with Gasteiger partial charge in [0.05, 0.1) is 27.8 Å². The van der Waals surface area contributed by atoms with Crippen molar-refractivity contribution in [3.05, 3.63) is 249 Å². The Morgan fingerprint density at radius 1 is 0.235 bits per heavy atom. The molecule has 5 nitrogen and oxygen atoms in total. The van der Waals surface area contributed by atoms with Crippen LogP contribution in [0.1, 0.15) is 0 Å². The van der Waals surface area contributed by atoms with Crippen LogP contribution in [0.2, 0.25) is 0 Å². The zero-order valence-electron chi connectivity index (χ0n) is 36.9. The first-order valence-corrected chi connectivity index (χ1v) is 23.0. The van der Waals surface area contributed by atoms with E-state index in [0.29, 0.717) is 17.5 Å². The minimum absolute atomic E-state index is 0.614. The quantitative estimate of drug-likeness (QED) is 0.153. The Morgan fingerprint density at radius 3 is 1.15 bits per heavy atom. The molecule has 318 valence electrons. The van der Waals surface area contributed by atoms with Crippen molar-refractivity contribution in [2.24, 2.45) is 0 Å². The zero-order valence-corrected chi connectivity index (χ0v) is 36.9. The van der Waals surface area contributed by atoms with Crippen molar-refractivity contribution in [1.82, 2.24) is 24.1 Å². The van der Waals surface area contributed by atoms with Crippen LogP contribution in [0.3, 0.4) is 0 Å². The summed E-state index contributed by atoms with van der Waals surface area (Å²) in [4.78, 5) is 15.4. The molecule has 0 aliphatic rings. The van der Waals surface area contributed by atoms with Gasteiger partial charge in [-0.25, -0.2) is 15.0 Å². The van der Waals surface area contributed by atoms with Crippen LogP contribution in [0.25, 0.3) is 123 Å². The summed E-state index contributed by atoms with van der Waals surface area (Å²) in [6.45, 7) is 0. The third-order valence-corrected chi connectivity index (χ3v) is 13.2. The van der Waals surface area contributed by atoms with Gasteiger partial charge in [0.15, 0.2) is 17.5 Å². The second-order valence-corrected chi connectivity index (χ2v) is 17.2. The molecule has 3 aromatic heterocycles. The van der Waals surface area contributed by atoms with Gasteiger partial charge in [0, 0.05) is 49.5 Å². The maximum absolute atomic E-state index is 5.19. The van der Waals surface area contributed by atoms with Crippen LogP contribution in [-0.2, 0) is 0 Å². The summed E-state index contributed by atoms with van der Waals surface area (Å²) in [5.41, 5.74) is 16.5. The highest BCUT2D eigenvalue weighted by atomic mass is 15.0. The number of hydrogen-bond acceptors (Lipinski definition) is 3. The minimum atomic E-state index is 0.614. The monoisotopic (exact) mass is 867 g/mol. The summed E-state index contributed by atoms with van der Waals surface area (Å²) >= 11 is 0. The van der Waals surface area contributed by atoms with E-state index in [1.807, 2.05) is 18.2 Å². The number of nitrogens with zero attached hydrogens (tertiary/aromatic N) is 5. The standard InChI is InChI=1S/C63H41N5/c1-3-16-42(17-4-1)43-30-34-45(35-31-43)55-41-48(38-39-60(55)68-58-28-13-9-24-53(58)54-25-10-14-29-59(54)68)44-32-36-47(37-33-44)62-64-61(46-18-5-2-6-19-46)65-63(66-62)49-20-15-21-50(40-49)67-56-26-11-7-22-51(56)52-23-8-12-27-57(52)67/h1-41H. The van der Waals surface area contributed by atoms with Crippen LogP contribution in [0.15, 0.2) is 249 Å². The molecule has 0 spiro atoms. The van der Waals surface area contributed by atoms with Crippen molar-refractivity contribution < 1.29 is 0 Å². The van der Waals surface area contributed by atoms with E-state index < -0.39 is 0 Å². The van der Waals surface area contributed by atoms with Crippen LogP contribution in [0.4, 0.5) is 0 Å². The van der Waals surface area contributed by atoms with Gasteiger partial charge in [-0.15, -0.1) is 0 Å². The molecular formula is C63H41N5. The van der Waals surface area contributed by atoms with E-state index in [0.717, 1.165) is 61.4 Å². The predicted molar refractivity (Wildman–Crippen MR) is 281 cm³/mol. The van der Waals surface area contributed by atoms with E-state index in [1.165, 1.54) is 43.7 Å². The highest BCUT2D eigenvalue weighted by Gasteiger charge is 2.19. The maximum atomic E-state index is 5.19. The van der Waals surface area contributed by atoms with Crippen molar-refractivity contribution in [3.63, 3.8) is 0 Å². The van der Waals surface area contributed by atoms with Gasteiger partial charge in [-0.3, -0.25) is 0 Å². The van der Waals surface area contributed by atoms with Gasteiger partial charge in [-0.05, 0) is 76.3 Å². The first kappa shape index (κ1) is 39.2. The first-order valence-electron chi connectivity index (χ1n) is 23.0. The van der Waals surface area contributed by atoms with E-state index in [-0.39, 0.29) is 0 Å². The number of aromatic nitrogens is 5. The lowest BCUT2D eigenvalue weighted by atomic mass is 9.95. The van der Waals surface area contributed by atoms with Crippen molar-refractivity contribution in [2.75, 3.05) is 0 Å². The summed E-state index contributed by atoms with van der Waals surface area (Å²) in [6, 6.07) is 88.3. The van der Waals surface area contributed by atoms with Crippen LogP contribution < -0.4 is 0 Å². The average Bonchev–Trinajstić information content (AvgIpc) is 3.94. The number of benzene rings is 10. The van der Waals surface area contributed by atoms with Crippen molar-refractivity contribution >= 4 is 43.6 Å². The molecule has 0 N–H and O–H groups in total. The Hall–Kier alpha value is -9.19. The van der Waals surface area contributed by atoms with Gasteiger partial charge in [0.1, 0.15) is 0 Å². The molecule has 0 fully saturated rings. The fourth-order valence-electron chi connectivity index (χ4n) is 9.94. The summed E-state index contributed by atoms with van der Waals surface area (Å²) < 4.78 is 4.74. The van der Waals surface area contributed by atoms with Gasteiger partial charge in [0.25, 0.3) is 0 Å². The minimum Gasteiger partial charge on any atom is -0.309 e. The number of hydrogen-bond donors (Lipinski definition) is 0. The van der Waals surface area contributed by atoms with E-state index in [9.17, 15) is 0 Å². The molecule has 3 heterocycles. The fourth-order valence-corrected chi connectivity index (χ4v) is 9.94. The van der Waals surface area contributed by atoms with E-state index in [2.05, 4.69) is 240 Å². The Morgan fingerprint density at radius 2 is 0.603 bits per heavy atom. The molecule has 0 aliphatic heterocycles. The maximum Gasteiger partial charge on any atom is 0.164 e. The molecule has 0 bridgehead atoms. The Balaban J connectivity index is 0.914. The largest absolute Gasteiger partial charge is 0.309 e. The Bertz CT molecular complexity index is 3890. The predicted octanol–water partition coefficient (Wildman–Crippen LogP) is 16.1. The number of rotatable bonds is 8. The SMILES string of the molecule is c1ccc(-c2ccc(-c3cc(-c4ccc(-c5nc(-c6ccccc6)nc(-c6cccc(-n7c8ccccc8c8ccccc87)c6)n5)cc4)ccc3-n3c4ccccc4c4ccccc43)cc2)cc1. The zero-order chi connectivity index (χ0) is 45.0. The number of para-hydroxylation sites is 4. The molecule has 5 heteroatoms. The summed E-state index contributed by atoms with van der Waals surface area (Å²) in [6.07, 6.45) is 0. The second-order valence-electron chi connectivity index (χ2n) is 17.2. The molecule has 0 atom stereocenters. The van der Waals surface area contributed by atoms with Crippen molar-refractivity contribution in [2.45, 2.75) is 0 Å². The van der Waals surface area contributed by atoms with Gasteiger partial charge in [0.2, 0.25) is 0 Å². The van der Waals surface area contributed by atoms with Crippen molar-refractivity contribution in [3.8, 4) is 78.9 Å². The van der Waals surface area contributed by atoms with Gasteiger partial charge < -0.3 is 9.13 Å². The smallest absolute Gasteiger partial charge is 0.164 e. The van der Waals surface area contributed by atoms with Gasteiger partial charge in [-0.1, -0.05) is 200 Å². The molecule has 13 aromatic rings. The average molecular weight is 868 g/mol. The normalized spacial score (nSPS) is 11.5. The Labute approximate surface area is 393 Å². The van der Waals surface area contributed by atoms with E-state index in [4.69, 9.17) is 15.0 Å². The molecule has 10 aromatic carbocycles. The topological polar surface area (TPSA) is 48.5 Å². The summed E-state index contributed by atoms with van der Waals surface area (Å²) in [7, 11) is 0. The molecule has 0 unspecified atom stereocenters. The molecule has 0 amide bonds. The molecular weight excluding hydrogens is 827 g/mol. The summed E-state index contributed by atoms with van der Waals surface area (Å²) in [5, 5.41) is 4.92. The van der Waals surface area contributed by atoms with Crippen LogP contribution in [0.5, 0.6) is 0 Å². The van der Waals surface area contributed by atoms with Crippen LogP contribution >= 0.6 is 0 Å². The molecule has 13 rings (SSSR count). The second kappa shape index (κ2) is 16.4. The molecule has 0 aliphatic carbocycles. The highest BCUT2D eigenvalue weighted by molar-refractivity contribution is 6.10. The molecule has 0 saturated heterocycles. The fraction of sp³-hybridized carbons (Fsp3) is 0. The third kappa shape index (κ3) is 6.76. The number of fused-ring (bicyclic) bond motifs is 6. The lowest BCUT2D eigenvalue weighted by Gasteiger charge is -2.17. The van der Waals surface area contributed by atoms with Gasteiger partial charge in [-0.2, -0.15) is 0 Å². The molecule has 0 radical (unpaired) electrons. The summed E-state index contributed by atoms with van der Waals surface area (Å²) in [5.74, 6) is 1.85. The van der Waals surface area contributed by atoms with E-state index in [1.54, 1.807) is 0 Å².